The standard InChI is InChI=1S/C28H27N5O2/c1-35-27(34)20-12-14-25-23(16-20)30-26(33(25)21-9-5-6-10-21)19-11-13-24-22(15-19)31-28(29)32(24)17-18-7-3-2-4-8-18/h2-4,7-8,11-16,21H,5-6,9-10,17H2,1H3,(H2,29,31). The number of carbonyl (C=O) groups is 1. The number of carbonyl (C=O) groups excluding carboxylic acids is 1. The van der Waals surface area contributed by atoms with Crippen LogP contribution in [0.25, 0.3) is 33.5 Å². The molecule has 3 aromatic carbocycles. The van der Waals surface area contributed by atoms with E-state index in [4.69, 9.17) is 15.5 Å². The highest BCUT2D eigenvalue weighted by molar-refractivity contribution is 5.94. The number of hydrogen-bond donors (Lipinski definition) is 1. The van der Waals surface area contributed by atoms with Gasteiger partial charge >= 0.3 is 5.97 Å². The molecule has 0 bridgehead atoms. The van der Waals surface area contributed by atoms with Crippen molar-refractivity contribution in [3.8, 4) is 11.4 Å². The molecule has 1 fully saturated rings. The van der Waals surface area contributed by atoms with Crippen molar-refractivity contribution in [1.82, 2.24) is 19.1 Å². The Labute approximate surface area is 203 Å². The van der Waals surface area contributed by atoms with E-state index in [0.717, 1.165) is 46.3 Å². The van der Waals surface area contributed by atoms with E-state index in [1.165, 1.54) is 25.5 Å². The van der Waals surface area contributed by atoms with E-state index in [9.17, 15) is 4.79 Å². The summed E-state index contributed by atoms with van der Waals surface area (Å²) in [6, 6.07) is 22.5. The number of nitrogens with zero attached hydrogens (tertiary/aromatic N) is 4. The Hall–Kier alpha value is -4.13. The van der Waals surface area contributed by atoms with Crippen LogP contribution in [0.3, 0.4) is 0 Å². The van der Waals surface area contributed by atoms with Gasteiger partial charge in [-0.15, -0.1) is 0 Å². The zero-order valence-electron chi connectivity index (χ0n) is 19.6. The van der Waals surface area contributed by atoms with Gasteiger partial charge in [-0.3, -0.25) is 0 Å². The molecule has 1 saturated carbocycles. The van der Waals surface area contributed by atoms with Crippen LogP contribution in [0.4, 0.5) is 5.95 Å². The van der Waals surface area contributed by atoms with Crippen LogP contribution in [-0.2, 0) is 11.3 Å². The highest BCUT2D eigenvalue weighted by Crippen LogP contribution is 2.38. The van der Waals surface area contributed by atoms with Crippen LogP contribution in [0.15, 0.2) is 66.7 Å². The number of aromatic nitrogens is 4. The predicted octanol–water partition coefficient (Wildman–Crippen LogP) is 5.59. The number of nitrogen functional groups attached to an aromatic ring is 1. The fourth-order valence-electron chi connectivity index (χ4n) is 5.30. The van der Waals surface area contributed by atoms with Crippen molar-refractivity contribution in [3.63, 3.8) is 0 Å². The molecule has 0 amide bonds. The average molecular weight is 466 g/mol. The second-order valence-corrected chi connectivity index (χ2v) is 9.18. The summed E-state index contributed by atoms with van der Waals surface area (Å²) >= 11 is 0. The van der Waals surface area contributed by atoms with Gasteiger partial charge in [-0.05, 0) is 54.8 Å². The quantitative estimate of drug-likeness (QED) is 0.342. The van der Waals surface area contributed by atoms with Crippen molar-refractivity contribution in [2.75, 3.05) is 12.8 Å². The Morgan fingerprint density at radius 1 is 0.971 bits per heavy atom. The van der Waals surface area contributed by atoms with Crippen molar-refractivity contribution < 1.29 is 9.53 Å². The van der Waals surface area contributed by atoms with Gasteiger partial charge in [0.15, 0.2) is 0 Å². The van der Waals surface area contributed by atoms with E-state index < -0.39 is 0 Å². The van der Waals surface area contributed by atoms with Crippen LogP contribution < -0.4 is 5.73 Å². The van der Waals surface area contributed by atoms with Crippen LogP contribution in [0, 0.1) is 0 Å². The first-order valence-electron chi connectivity index (χ1n) is 12.0. The van der Waals surface area contributed by atoms with E-state index in [1.54, 1.807) is 0 Å². The van der Waals surface area contributed by atoms with Crippen molar-refractivity contribution in [1.29, 1.82) is 0 Å². The Morgan fingerprint density at radius 3 is 2.49 bits per heavy atom. The molecule has 6 rings (SSSR count). The van der Waals surface area contributed by atoms with Crippen molar-refractivity contribution in [2.24, 2.45) is 0 Å². The average Bonchev–Trinajstić information content (AvgIpc) is 3.61. The summed E-state index contributed by atoms with van der Waals surface area (Å²) < 4.78 is 9.30. The molecule has 2 heterocycles. The first-order chi connectivity index (χ1) is 17.1. The third kappa shape index (κ3) is 3.73. The van der Waals surface area contributed by atoms with Crippen LogP contribution in [0.2, 0.25) is 0 Å². The van der Waals surface area contributed by atoms with Crippen LogP contribution in [-0.4, -0.2) is 32.2 Å². The highest BCUT2D eigenvalue weighted by atomic mass is 16.5. The largest absolute Gasteiger partial charge is 0.465 e. The number of esters is 1. The van der Waals surface area contributed by atoms with Gasteiger partial charge in [-0.25, -0.2) is 14.8 Å². The summed E-state index contributed by atoms with van der Waals surface area (Å²) in [5.41, 5.74) is 12.7. The van der Waals surface area contributed by atoms with Gasteiger partial charge in [0.25, 0.3) is 0 Å². The number of hydrogen-bond acceptors (Lipinski definition) is 5. The molecule has 0 atom stereocenters. The number of ether oxygens (including phenoxy) is 1. The Balaban J connectivity index is 1.47. The molecule has 1 aliphatic carbocycles. The molecule has 7 nitrogen and oxygen atoms in total. The monoisotopic (exact) mass is 465 g/mol. The second kappa shape index (κ2) is 8.58. The van der Waals surface area contributed by atoms with E-state index in [2.05, 4.69) is 39.9 Å². The fraction of sp³-hybridized carbons (Fsp3) is 0.250. The Bertz CT molecular complexity index is 1540. The van der Waals surface area contributed by atoms with E-state index >= 15 is 0 Å². The summed E-state index contributed by atoms with van der Waals surface area (Å²) in [6.07, 6.45) is 4.67. The van der Waals surface area contributed by atoms with E-state index in [1.807, 2.05) is 41.0 Å². The normalized spacial score (nSPS) is 14.2. The number of rotatable bonds is 5. The number of fused-ring (bicyclic) bond motifs is 2. The molecule has 176 valence electrons. The molecule has 1 aliphatic rings. The Morgan fingerprint density at radius 2 is 1.71 bits per heavy atom. The van der Waals surface area contributed by atoms with Gasteiger partial charge < -0.3 is 19.6 Å². The third-order valence-electron chi connectivity index (χ3n) is 7.02. The molecule has 0 aliphatic heterocycles. The minimum atomic E-state index is -0.357. The van der Waals surface area contributed by atoms with Crippen LogP contribution in [0.5, 0.6) is 0 Å². The van der Waals surface area contributed by atoms with Gasteiger partial charge in [-0.2, -0.15) is 0 Å². The maximum Gasteiger partial charge on any atom is 0.337 e. The molecule has 0 spiro atoms. The number of nitrogens with two attached hydrogens (primary N) is 1. The van der Waals surface area contributed by atoms with Crippen molar-refractivity contribution in [2.45, 2.75) is 38.3 Å². The summed E-state index contributed by atoms with van der Waals surface area (Å²) in [5, 5.41) is 0. The smallest absolute Gasteiger partial charge is 0.337 e. The topological polar surface area (TPSA) is 88.0 Å². The second-order valence-electron chi connectivity index (χ2n) is 9.18. The van der Waals surface area contributed by atoms with Crippen molar-refractivity contribution >= 4 is 34.0 Å². The molecule has 2 aromatic heterocycles. The molecular weight excluding hydrogens is 438 g/mol. The maximum absolute atomic E-state index is 12.1. The third-order valence-corrected chi connectivity index (χ3v) is 7.02. The lowest BCUT2D eigenvalue weighted by Crippen LogP contribution is -2.07. The van der Waals surface area contributed by atoms with Gasteiger partial charge in [0, 0.05) is 11.6 Å². The zero-order chi connectivity index (χ0) is 23.9. The van der Waals surface area contributed by atoms with Gasteiger partial charge in [0.1, 0.15) is 5.82 Å². The minimum absolute atomic E-state index is 0.357. The zero-order valence-corrected chi connectivity index (χ0v) is 19.6. The predicted molar refractivity (Wildman–Crippen MR) is 137 cm³/mol. The van der Waals surface area contributed by atoms with Gasteiger partial charge in [-0.1, -0.05) is 43.2 Å². The van der Waals surface area contributed by atoms with Crippen LogP contribution in [0.1, 0.15) is 47.6 Å². The van der Waals surface area contributed by atoms with Gasteiger partial charge in [0.05, 0.1) is 41.3 Å². The summed E-state index contributed by atoms with van der Waals surface area (Å²) in [6.45, 7) is 0.666. The lowest BCUT2D eigenvalue weighted by Gasteiger charge is -2.16. The molecule has 2 N–H and O–H groups in total. The first-order valence-corrected chi connectivity index (χ1v) is 12.0. The molecule has 0 saturated heterocycles. The summed E-state index contributed by atoms with van der Waals surface area (Å²) in [5.74, 6) is 1.03. The molecule has 7 heteroatoms. The minimum Gasteiger partial charge on any atom is -0.465 e. The molecule has 35 heavy (non-hydrogen) atoms. The summed E-state index contributed by atoms with van der Waals surface area (Å²) in [4.78, 5) is 21.8. The van der Waals surface area contributed by atoms with E-state index in [0.29, 0.717) is 24.1 Å². The highest BCUT2D eigenvalue weighted by Gasteiger charge is 2.24. The SMILES string of the molecule is COC(=O)c1ccc2c(c1)nc(-c1ccc3c(c1)nc(N)n3Cc1ccccc1)n2C1CCCC1. The maximum atomic E-state index is 12.1. The molecule has 0 unspecified atom stereocenters. The lowest BCUT2D eigenvalue weighted by atomic mass is 10.1. The number of anilines is 1. The first kappa shape index (κ1) is 21.4. The Kier molecular flexibility index (Phi) is 5.25. The van der Waals surface area contributed by atoms with Crippen LogP contribution >= 0.6 is 0 Å². The molecule has 0 radical (unpaired) electrons. The number of benzene rings is 3. The fourth-order valence-corrected chi connectivity index (χ4v) is 5.30. The summed E-state index contributed by atoms with van der Waals surface area (Å²) in [7, 11) is 1.40. The number of methoxy groups -OCH3 is 1. The number of imidazole rings is 2. The van der Waals surface area contributed by atoms with Gasteiger partial charge in [0.2, 0.25) is 5.95 Å². The molecular formula is C28H27N5O2. The van der Waals surface area contributed by atoms with Crippen molar-refractivity contribution in [3.05, 3.63) is 77.9 Å². The molecule has 5 aromatic rings. The lowest BCUT2D eigenvalue weighted by molar-refractivity contribution is 0.0601. The van der Waals surface area contributed by atoms with E-state index in [-0.39, 0.29) is 5.97 Å².